The Morgan fingerprint density at radius 2 is 1.82 bits per heavy atom. The summed E-state index contributed by atoms with van der Waals surface area (Å²) in [4.78, 5) is 16.7. The second kappa shape index (κ2) is 10.9. The molecule has 0 aliphatic heterocycles. The zero-order valence-electron chi connectivity index (χ0n) is 21.8. The molecule has 0 aliphatic carbocycles. The van der Waals surface area contributed by atoms with Gasteiger partial charge < -0.3 is 14.8 Å². The van der Waals surface area contributed by atoms with Crippen LogP contribution in [0, 0.1) is 12.7 Å². The number of carbonyl (C=O) groups excluding carboxylic acids is 1. The van der Waals surface area contributed by atoms with E-state index in [4.69, 9.17) is 9.47 Å². The first kappa shape index (κ1) is 27.9. The van der Waals surface area contributed by atoms with Crippen LogP contribution in [0.15, 0.2) is 54.9 Å². The number of H-pyrrole nitrogens is 1. The number of fused-ring (bicyclic) bond motifs is 1. The van der Waals surface area contributed by atoms with Crippen molar-refractivity contribution in [3.05, 3.63) is 77.5 Å². The lowest BCUT2D eigenvalue weighted by atomic mass is 10.0. The SMILES string of the molecule is Cc1[nH]nc2ccc(-c3cncc(OC[C@H](Cc4ccc(C(F)(F)F)cc4F)NC(=O)OC(C)(C)C)c3)cc12. The molecule has 1 atom stereocenters. The van der Waals surface area contributed by atoms with E-state index in [9.17, 15) is 22.4 Å². The number of nitrogens with zero attached hydrogens (tertiary/aromatic N) is 2. The summed E-state index contributed by atoms with van der Waals surface area (Å²) in [6.07, 6.45) is -2.40. The number of halogens is 4. The molecular formula is C28H28F4N4O3. The normalized spacial score (nSPS) is 12.8. The average Bonchev–Trinajstić information content (AvgIpc) is 3.22. The van der Waals surface area contributed by atoms with Gasteiger partial charge in [0.25, 0.3) is 0 Å². The molecule has 4 rings (SSSR count). The summed E-state index contributed by atoms with van der Waals surface area (Å²) in [5.74, 6) is -0.644. The van der Waals surface area contributed by atoms with Gasteiger partial charge in [0.05, 0.1) is 23.3 Å². The quantitative estimate of drug-likeness (QED) is 0.256. The van der Waals surface area contributed by atoms with Crippen LogP contribution in [0.25, 0.3) is 22.0 Å². The summed E-state index contributed by atoms with van der Waals surface area (Å²) in [5.41, 5.74) is 1.54. The van der Waals surface area contributed by atoms with E-state index in [0.717, 1.165) is 39.9 Å². The number of nitrogens with one attached hydrogen (secondary N) is 2. The van der Waals surface area contributed by atoms with Gasteiger partial charge in [0.1, 0.15) is 23.8 Å². The van der Waals surface area contributed by atoms with E-state index in [1.54, 1.807) is 33.0 Å². The first-order valence-corrected chi connectivity index (χ1v) is 12.2. The third-order valence-corrected chi connectivity index (χ3v) is 5.81. The number of aromatic nitrogens is 3. The highest BCUT2D eigenvalue weighted by atomic mass is 19.4. The van der Waals surface area contributed by atoms with Gasteiger partial charge >= 0.3 is 12.3 Å². The molecule has 0 radical (unpaired) electrons. The van der Waals surface area contributed by atoms with Gasteiger partial charge in [0, 0.05) is 22.8 Å². The standard InChI is InChI=1S/C28H28F4N4O3/c1-16-23-11-17(6-8-25(23)36-35-16)19-10-22(14-33-13-19)38-15-21(34-26(37)39-27(2,3)4)9-18-5-7-20(12-24(18)29)28(30,31)32/h5-8,10-14,21H,9,15H2,1-4H3,(H,34,37)(H,35,36)/t21-/m0/s1. The Morgan fingerprint density at radius 1 is 1.05 bits per heavy atom. The number of aromatic amines is 1. The largest absolute Gasteiger partial charge is 0.490 e. The van der Waals surface area contributed by atoms with Crippen molar-refractivity contribution in [3.8, 4) is 16.9 Å². The van der Waals surface area contributed by atoms with Crippen LogP contribution in [-0.4, -0.2) is 39.5 Å². The third-order valence-electron chi connectivity index (χ3n) is 5.81. The number of pyridine rings is 1. The van der Waals surface area contributed by atoms with Crippen LogP contribution < -0.4 is 10.1 Å². The van der Waals surface area contributed by atoms with Crippen molar-refractivity contribution < 1.29 is 31.8 Å². The fourth-order valence-electron chi connectivity index (χ4n) is 3.95. The topological polar surface area (TPSA) is 89.1 Å². The van der Waals surface area contributed by atoms with Crippen molar-refractivity contribution in [3.63, 3.8) is 0 Å². The molecule has 206 valence electrons. The zero-order chi connectivity index (χ0) is 28.4. The fourth-order valence-corrected chi connectivity index (χ4v) is 3.95. The highest BCUT2D eigenvalue weighted by Gasteiger charge is 2.31. The molecule has 0 spiro atoms. The molecule has 0 saturated heterocycles. The fraction of sp³-hybridized carbons (Fsp3) is 0.321. The predicted molar refractivity (Wildman–Crippen MR) is 138 cm³/mol. The van der Waals surface area contributed by atoms with E-state index in [2.05, 4.69) is 20.5 Å². The van der Waals surface area contributed by atoms with Crippen LogP contribution in [-0.2, 0) is 17.3 Å². The van der Waals surface area contributed by atoms with Crippen molar-refractivity contribution in [2.75, 3.05) is 6.61 Å². The highest BCUT2D eigenvalue weighted by molar-refractivity contribution is 5.86. The number of ether oxygens (including phenoxy) is 2. The van der Waals surface area contributed by atoms with Crippen LogP contribution in [0.2, 0.25) is 0 Å². The minimum absolute atomic E-state index is 0.0108. The monoisotopic (exact) mass is 544 g/mol. The minimum Gasteiger partial charge on any atom is -0.490 e. The van der Waals surface area contributed by atoms with E-state index < -0.39 is 35.3 Å². The number of amides is 1. The Morgan fingerprint density at radius 3 is 2.51 bits per heavy atom. The van der Waals surface area contributed by atoms with Gasteiger partial charge in [-0.3, -0.25) is 10.1 Å². The van der Waals surface area contributed by atoms with Gasteiger partial charge in [-0.1, -0.05) is 12.1 Å². The number of hydrogen-bond acceptors (Lipinski definition) is 5. The molecule has 0 saturated carbocycles. The molecule has 1 amide bonds. The number of alkyl halides is 3. The number of benzene rings is 2. The molecule has 0 aliphatic rings. The molecular weight excluding hydrogens is 516 g/mol. The number of hydrogen-bond donors (Lipinski definition) is 2. The van der Waals surface area contributed by atoms with E-state index in [0.29, 0.717) is 11.8 Å². The molecule has 2 heterocycles. The van der Waals surface area contributed by atoms with Crippen molar-refractivity contribution >= 4 is 17.0 Å². The van der Waals surface area contributed by atoms with Crippen LogP contribution in [0.5, 0.6) is 5.75 Å². The molecule has 7 nitrogen and oxygen atoms in total. The van der Waals surface area contributed by atoms with Crippen LogP contribution in [0.4, 0.5) is 22.4 Å². The van der Waals surface area contributed by atoms with Gasteiger partial charge in [0.15, 0.2) is 0 Å². The maximum Gasteiger partial charge on any atom is 0.416 e. The van der Waals surface area contributed by atoms with E-state index in [1.807, 2.05) is 25.1 Å². The van der Waals surface area contributed by atoms with Gasteiger partial charge in [-0.25, -0.2) is 9.18 Å². The van der Waals surface area contributed by atoms with E-state index in [-0.39, 0.29) is 18.6 Å². The highest BCUT2D eigenvalue weighted by Crippen LogP contribution is 2.31. The Balaban J connectivity index is 1.53. The maximum atomic E-state index is 14.6. The summed E-state index contributed by atoms with van der Waals surface area (Å²) in [6, 6.07) is 9.02. The zero-order valence-corrected chi connectivity index (χ0v) is 21.8. The molecule has 0 unspecified atom stereocenters. The first-order chi connectivity index (χ1) is 18.3. The van der Waals surface area contributed by atoms with Crippen molar-refractivity contribution in [1.82, 2.24) is 20.5 Å². The average molecular weight is 545 g/mol. The molecule has 11 heteroatoms. The Labute approximate surface area is 222 Å². The second-order valence-corrected chi connectivity index (χ2v) is 10.2. The lowest BCUT2D eigenvalue weighted by Gasteiger charge is -2.24. The van der Waals surface area contributed by atoms with E-state index in [1.165, 1.54) is 6.20 Å². The van der Waals surface area contributed by atoms with Gasteiger partial charge in [-0.05, 0) is 75.6 Å². The first-order valence-electron chi connectivity index (χ1n) is 12.2. The molecule has 2 aromatic heterocycles. The smallest absolute Gasteiger partial charge is 0.416 e. The number of aryl methyl sites for hydroxylation is 1. The van der Waals surface area contributed by atoms with Crippen LogP contribution in [0.1, 0.15) is 37.6 Å². The molecule has 39 heavy (non-hydrogen) atoms. The van der Waals surface area contributed by atoms with Crippen LogP contribution >= 0.6 is 0 Å². The number of alkyl carbamates (subject to hydrolysis) is 1. The number of carbonyl (C=O) groups is 1. The van der Waals surface area contributed by atoms with Gasteiger partial charge in [-0.15, -0.1) is 0 Å². The van der Waals surface area contributed by atoms with Crippen molar-refractivity contribution in [2.24, 2.45) is 0 Å². The summed E-state index contributed by atoms with van der Waals surface area (Å²) in [6.45, 7) is 6.87. The Hall–Kier alpha value is -4.15. The summed E-state index contributed by atoms with van der Waals surface area (Å²) in [5, 5.41) is 10.8. The Bertz CT molecular complexity index is 1480. The van der Waals surface area contributed by atoms with Gasteiger partial charge in [-0.2, -0.15) is 18.3 Å². The second-order valence-electron chi connectivity index (χ2n) is 10.2. The van der Waals surface area contributed by atoms with E-state index >= 15 is 0 Å². The summed E-state index contributed by atoms with van der Waals surface area (Å²) >= 11 is 0. The van der Waals surface area contributed by atoms with Gasteiger partial charge in [0.2, 0.25) is 0 Å². The van der Waals surface area contributed by atoms with Crippen molar-refractivity contribution in [1.29, 1.82) is 0 Å². The third kappa shape index (κ3) is 7.24. The maximum absolute atomic E-state index is 14.6. The summed E-state index contributed by atoms with van der Waals surface area (Å²) in [7, 11) is 0. The number of rotatable bonds is 7. The lowest BCUT2D eigenvalue weighted by Crippen LogP contribution is -2.43. The molecule has 0 bridgehead atoms. The molecule has 4 aromatic rings. The Kier molecular flexibility index (Phi) is 7.80. The van der Waals surface area contributed by atoms with Crippen molar-refractivity contribution in [2.45, 2.75) is 51.9 Å². The summed E-state index contributed by atoms with van der Waals surface area (Å²) < 4.78 is 64.7. The minimum atomic E-state index is -4.67. The molecule has 2 N–H and O–H groups in total. The lowest BCUT2D eigenvalue weighted by molar-refractivity contribution is -0.137. The van der Waals surface area contributed by atoms with Crippen LogP contribution in [0.3, 0.4) is 0 Å². The predicted octanol–water partition coefficient (Wildman–Crippen LogP) is 6.61. The molecule has 0 fully saturated rings. The molecule has 2 aromatic carbocycles.